The molecule has 0 fully saturated rings. The molecule has 8 heteroatoms. The van der Waals surface area contributed by atoms with Crippen molar-refractivity contribution in [2.75, 3.05) is 0 Å². The van der Waals surface area contributed by atoms with Crippen LogP contribution in [0.15, 0.2) is 11.9 Å². The Bertz CT molecular complexity index is 196. The maximum atomic E-state index is 11.8. The zero-order valence-corrected chi connectivity index (χ0v) is 5.68. The Hall–Kier alpha value is -0.820. The second kappa shape index (κ2) is 3.51. The number of rotatable bonds is 1. The number of halogens is 8. The monoisotopic (exact) mass is 214 g/mol. The first-order chi connectivity index (χ1) is 5.54. The van der Waals surface area contributed by atoms with Gasteiger partial charge in [0, 0.05) is 0 Å². The summed E-state index contributed by atoms with van der Waals surface area (Å²) in [6, 6.07) is 0. The van der Waals surface area contributed by atoms with Crippen LogP contribution in [0.3, 0.4) is 0 Å². The molecule has 0 rings (SSSR count). The molecule has 78 valence electrons. The van der Waals surface area contributed by atoms with Crippen molar-refractivity contribution in [1.82, 2.24) is 0 Å². The molecule has 0 heterocycles. The van der Waals surface area contributed by atoms with Crippen LogP contribution in [0.1, 0.15) is 0 Å². The van der Waals surface area contributed by atoms with Crippen molar-refractivity contribution in [2.45, 2.75) is 18.5 Å². The van der Waals surface area contributed by atoms with Crippen LogP contribution in [0.5, 0.6) is 0 Å². The number of allylic oxidation sites excluding steroid dienone is 2. The van der Waals surface area contributed by atoms with Crippen molar-refractivity contribution < 1.29 is 35.1 Å². The highest BCUT2D eigenvalue weighted by atomic mass is 19.4. The van der Waals surface area contributed by atoms with Crippen LogP contribution in [-0.4, -0.2) is 18.5 Å². The molecule has 13 heavy (non-hydrogen) atoms. The van der Waals surface area contributed by atoms with Gasteiger partial charge in [0.1, 0.15) is 5.83 Å². The van der Waals surface area contributed by atoms with Crippen LogP contribution in [0.4, 0.5) is 35.1 Å². The van der Waals surface area contributed by atoms with E-state index in [4.69, 9.17) is 0 Å². The van der Waals surface area contributed by atoms with Gasteiger partial charge in [0.2, 0.25) is 6.17 Å². The minimum Gasteiger partial charge on any atom is -0.230 e. The van der Waals surface area contributed by atoms with Gasteiger partial charge in [-0.25, -0.2) is 8.78 Å². The van der Waals surface area contributed by atoms with Gasteiger partial charge in [0.25, 0.3) is 0 Å². The van der Waals surface area contributed by atoms with Crippen LogP contribution in [0.2, 0.25) is 0 Å². The van der Waals surface area contributed by atoms with E-state index in [0.717, 1.165) is 0 Å². The van der Waals surface area contributed by atoms with Crippen molar-refractivity contribution in [3.05, 3.63) is 11.9 Å². The molecule has 0 aliphatic carbocycles. The molecule has 0 N–H and O–H groups in total. The molecule has 0 saturated heterocycles. The first-order valence-electron chi connectivity index (χ1n) is 2.70. The molecule has 0 saturated carbocycles. The van der Waals surface area contributed by atoms with Gasteiger partial charge in [-0.2, -0.15) is 26.3 Å². The van der Waals surface area contributed by atoms with Gasteiger partial charge >= 0.3 is 12.4 Å². The maximum Gasteiger partial charge on any atom is 0.426 e. The van der Waals surface area contributed by atoms with Crippen molar-refractivity contribution in [1.29, 1.82) is 0 Å². The third kappa shape index (κ3) is 4.69. The van der Waals surface area contributed by atoms with Crippen LogP contribution in [0.25, 0.3) is 0 Å². The number of alkyl halides is 7. The smallest absolute Gasteiger partial charge is 0.230 e. The summed E-state index contributed by atoms with van der Waals surface area (Å²) < 4.78 is 91.0. The van der Waals surface area contributed by atoms with E-state index in [1.165, 1.54) is 0 Å². The van der Waals surface area contributed by atoms with E-state index in [9.17, 15) is 35.1 Å². The Labute approximate surface area is 66.8 Å². The van der Waals surface area contributed by atoms with Crippen LogP contribution >= 0.6 is 0 Å². The van der Waals surface area contributed by atoms with Crippen molar-refractivity contribution in [3.8, 4) is 0 Å². The molecule has 0 aromatic heterocycles. The minimum absolute atomic E-state index is 1.37. The predicted molar refractivity (Wildman–Crippen MR) is 26.2 cm³/mol. The van der Waals surface area contributed by atoms with Crippen molar-refractivity contribution in [3.63, 3.8) is 0 Å². The first kappa shape index (κ1) is 12.2. The minimum atomic E-state index is -5.66. The molecule has 1 unspecified atom stereocenters. The molecule has 0 aromatic carbocycles. The summed E-state index contributed by atoms with van der Waals surface area (Å²) in [4.78, 5) is 0. The molecule has 0 nitrogen and oxygen atoms in total. The highest BCUT2D eigenvalue weighted by Crippen LogP contribution is 2.31. The molecule has 0 amide bonds. The fraction of sp³-hybridized carbons (Fsp3) is 0.600. The van der Waals surface area contributed by atoms with Gasteiger partial charge in [-0.05, 0) is 0 Å². The standard InChI is InChI=1S/C5H2F8/c6-2(1-4(8,9)10)3(7)5(11,12)13/h1,3H. The molecule has 0 aliphatic heterocycles. The third-order valence-corrected chi connectivity index (χ3v) is 0.831. The van der Waals surface area contributed by atoms with Crippen LogP contribution in [-0.2, 0) is 0 Å². The van der Waals surface area contributed by atoms with Gasteiger partial charge in [0.05, 0.1) is 6.08 Å². The summed E-state index contributed by atoms with van der Waals surface area (Å²) in [5.74, 6) is -2.90. The van der Waals surface area contributed by atoms with Crippen molar-refractivity contribution in [2.24, 2.45) is 0 Å². The lowest BCUT2D eigenvalue weighted by Gasteiger charge is -2.10. The molecule has 0 bridgehead atoms. The van der Waals surface area contributed by atoms with Gasteiger partial charge in [0.15, 0.2) is 0 Å². The molecule has 1 atom stereocenters. The second-order valence-corrected chi connectivity index (χ2v) is 1.98. The molecule has 0 aromatic rings. The normalized spacial score (nSPS) is 17.4. The third-order valence-electron chi connectivity index (χ3n) is 0.831. The summed E-state index contributed by atoms with van der Waals surface area (Å²) in [5, 5.41) is 0. The first-order valence-corrected chi connectivity index (χ1v) is 2.70. The summed E-state index contributed by atoms with van der Waals surface area (Å²) >= 11 is 0. The van der Waals surface area contributed by atoms with E-state index >= 15 is 0 Å². The van der Waals surface area contributed by atoms with E-state index in [-0.39, 0.29) is 0 Å². The quantitative estimate of drug-likeness (QED) is 0.587. The second-order valence-electron chi connectivity index (χ2n) is 1.98. The van der Waals surface area contributed by atoms with Crippen LogP contribution < -0.4 is 0 Å². The molecular weight excluding hydrogens is 212 g/mol. The highest BCUT2D eigenvalue weighted by molar-refractivity contribution is 5.05. The molecule has 0 radical (unpaired) electrons. The Kier molecular flexibility index (Phi) is 3.28. The van der Waals surface area contributed by atoms with Crippen molar-refractivity contribution >= 4 is 0 Å². The zero-order chi connectivity index (χ0) is 10.9. The van der Waals surface area contributed by atoms with Crippen LogP contribution in [0, 0.1) is 0 Å². The van der Waals surface area contributed by atoms with E-state index in [0.29, 0.717) is 0 Å². The number of hydrogen-bond donors (Lipinski definition) is 0. The van der Waals surface area contributed by atoms with E-state index in [1.54, 1.807) is 0 Å². The Morgan fingerprint density at radius 1 is 1.00 bits per heavy atom. The average molecular weight is 214 g/mol. The highest BCUT2D eigenvalue weighted by Gasteiger charge is 2.45. The average Bonchev–Trinajstić information content (AvgIpc) is 1.79. The summed E-state index contributed by atoms with van der Waals surface area (Å²) in [7, 11) is 0. The fourth-order valence-corrected chi connectivity index (χ4v) is 0.386. The predicted octanol–water partition coefficient (Wildman–Crippen LogP) is 3.30. The lowest BCUT2D eigenvalue weighted by molar-refractivity contribution is -0.174. The molecule has 0 spiro atoms. The summed E-state index contributed by atoms with van der Waals surface area (Å²) in [6.45, 7) is 0. The van der Waals surface area contributed by atoms with Gasteiger partial charge in [-0.15, -0.1) is 0 Å². The Morgan fingerprint density at radius 3 is 1.62 bits per heavy atom. The summed E-state index contributed by atoms with van der Waals surface area (Å²) in [6.07, 6.45) is -16.6. The Morgan fingerprint density at radius 2 is 1.38 bits per heavy atom. The maximum absolute atomic E-state index is 11.8. The van der Waals surface area contributed by atoms with E-state index in [2.05, 4.69) is 0 Å². The molecule has 0 aliphatic rings. The lowest BCUT2D eigenvalue weighted by atomic mass is 10.3. The van der Waals surface area contributed by atoms with E-state index in [1.807, 2.05) is 0 Å². The zero-order valence-electron chi connectivity index (χ0n) is 5.68. The van der Waals surface area contributed by atoms with E-state index < -0.39 is 30.4 Å². The topological polar surface area (TPSA) is 0 Å². The summed E-state index contributed by atoms with van der Waals surface area (Å²) in [5.41, 5.74) is 0. The lowest BCUT2D eigenvalue weighted by Crippen LogP contribution is -2.25. The number of hydrogen-bond acceptors (Lipinski definition) is 0. The van der Waals surface area contributed by atoms with Gasteiger partial charge in [-0.1, -0.05) is 0 Å². The SMILES string of the molecule is FC(=CC(F)(F)F)C(F)C(F)(F)F. The van der Waals surface area contributed by atoms with Gasteiger partial charge < -0.3 is 0 Å². The van der Waals surface area contributed by atoms with Gasteiger partial charge in [-0.3, -0.25) is 0 Å². The molecular formula is C5H2F8. The fourth-order valence-electron chi connectivity index (χ4n) is 0.386. The largest absolute Gasteiger partial charge is 0.426 e. The Balaban J connectivity index is 4.62.